The number of aryl methyl sites for hydroxylation is 3. The van der Waals surface area contributed by atoms with Gasteiger partial charge in [-0.25, -0.2) is 4.98 Å². The lowest BCUT2D eigenvalue weighted by Gasteiger charge is -2.36. The van der Waals surface area contributed by atoms with Gasteiger partial charge in [0.25, 0.3) is 5.56 Å². The lowest BCUT2D eigenvalue weighted by Crippen LogP contribution is -2.41. The van der Waals surface area contributed by atoms with Gasteiger partial charge in [0.1, 0.15) is 10.7 Å². The summed E-state index contributed by atoms with van der Waals surface area (Å²) in [6, 6.07) is 4.27. The summed E-state index contributed by atoms with van der Waals surface area (Å²) >= 11 is 1.54. The van der Waals surface area contributed by atoms with Crippen LogP contribution in [0.3, 0.4) is 0 Å². The Morgan fingerprint density at radius 1 is 1.37 bits per heavy atom. The van der Waals surface area contributed by atoms with Crippen LogP contribution in [0.1, 0.15) is 47.8 Å². The van der Waals surface area contributed by atoms with E-state index in [2.05, 4.69) is 33.7 Å². The minimum Gasteiger partial charge on any atom is -0.348 e. The largest absolute Gasteiger partial charge is 0.348 e. The number of carbonyl (C=O) groups excluding carboxylic acids is 1. The van der Waals surface area contributed by atoms with Crippen LogP contribution < -0.4 is 5.56 Å². The maximum atomic E-state index is 12.9. The molecule has 0 aromatic carbocycles. The second kappa shape index (κ2) is 6.96. The van der Waals surface area contributed by atoms with E-state index in [1.54, 1.807) is 0 Å². The third-order valence-electron chi connectivity index (χ3n) is 5.53. The van der Waals surface area contributed by atoms with Gasteiger partial charge in [-0.3, -0.25) is 9.59 Å². The predicted molar refractivity (Wildman–Crippen MR) is 107 cm³/mol. The number of nitrogens with one attached hydrogen (secondary N) is 1. The molecule has 1 atom stereocenters. The van der Waals surface area contributed by atoms with E-state index in [9.17, 15) is 9.59 Å². The Kier molecular flexibility index (Phi) is 4.63. The smallest absolute Gasteiger partial charge is 0.259 e. The number of aromatic amines is 1. The molecule has 1 aliphatic rings. The number of nitrogens with zero attached hydrogens (tertiary/aromatic N) is 3. The highest BCUT2D eigenvalue weighted by Crippen LogP contribution is 2.29. The Balaban J connectivity index is 1.51. The van der Waals surface area contributed by atoms with Gasteiger partial charge >= 0.3 is 0 Å². The first-order chi connectivity index (χ1) is 13.0. The Morgan fingerprint density at radius 3 is 2.96 bits per heavy atom. The van der Waals surface area contributed by atoms with E-state index in [1.165, 1.54) is 17.0 Å². The summed E-state index contributed by atoms with van der Waals surface area (Å²) < 4.78 is 2.23. The third kappa shape index (κ3) is 3.10. The van der Waals surface area contributed by atoms with Crippen LogP contribution in [0.2, 0.25) is 0 Å². The number of fused-ring (bicyclic) bond motifs is 2. The molecule has 1 amide bonds. The number of carbonyl (C=O) groups is 1. The molecule has 6 nitrogen and oxygen atoms in total. The maximum Gasteiger partial charge on any atom is 0.259 e. The molecule has 0 radical (unpaired) electrons. The Morgan fingerprint density at radius 2 is 2.19 bits per heavy atom. The van der Waals surface area contributed by atoms with E-state index in [0.29, 0.717) is 24.1 Å². The minimum absolute atomic E-state index is 0.105. The zero-order valence-corrected chi connectivity index (χ0v) is 16.7. The van der Waals surface area contributed by atoms with E-state index in [-0.39, 0.29) is 17.5 Å². The molecule has 0 spiro atoms. The molecule has 142 valence electrons. The first kappa shape index (κ1) is 18.0. The van der Waals surface area contributed by atoms with Crippen LogP contribution in [0.4, 0.5) is 0 Å². The van der Waals surface area contributed by atoms with Crippen LogP contribution in [0.5, 0.6) is 0 Å². The number of thiophene rings is 1. The van der Waals surface area contributed by atoms with Gasteiger partial charge in [-0.05, 0) is 38.0 Å². The van der Waals surface area contributed by atoms with Gasteiger partial charge in [0, 0.05) is 42.7 Å². The van der Waals surface area contributed by atoms with Crippen molar-refractivity contribution in [2.75, 3.05) is 6.54 Å². The second-order valence-corrected chi connectivity index (χ2v) is 8.32. The van der Waals surface area contributed by atoms with Crippen molar-refractivity contribution in [1.29, 1.82) is 0 Å². The average Bonchev–Trinajstić information content (AvgIpc) is 3.23. The molecule has 7 heteroatoms. The fraction of sp³-hybridized carbons (Fsp3) is 0.450. The second-order valence-electron chi connectivity index (χ2n) is 7.11. The monoisotopic (exact) mass is 384 g/mol. The van der Waals surface area contributed by atoms with E-state index >= 15 is 0 Å². The lowest BCUT2D eigenvalue weighted by atomic mass is 10.1. The SMILES string of the molecule is CCC1c2cccn2CCN1C(=O)CCc1nc2sc(C)c(C)c2c(=O)[nH]1. The highest BCUT2D eigenvalue weighted by atomic mass is 32.1. The fourth-order valence-corrected chi connectivity index (χ4v) is 5.03. The number of aromatic nitrogens is 3. The molecule has 4 heterocycles. The molecule has 3 aromatic heterocycles. The van der Waals surface area contributed by atoms with Crippen molar-refractivity contribution in [3.05, 3.63) is 50.6 Å². The van der Waals surface area contributed by atoms with E-state index in [0.717, 1.165) is 34.8 Å². The summed E-state index contributed by atoms with van der Waals surface area (Å²) in [5.41, 5.74) is 2.09. The molecule has 1 unspecified atom stereocenters. The Labute approximate surface area is 161 Å². The van der Waals surface area contributed by atoms with Crippen LogP contribution in [0.15, 0.2) is 23.1 Å². The van der Waals surface area contributed by atoms with Crippen molar-refractivity contribution < 1.29 is 4.79 Å². The molecule has 0 saturated heterocycles. The first-order valence-electron chi connectivity index (χ1n) is 9.43. The summed E-state index contributed by atoms with van der Waals surface area (Å²) in [5, 5.41) is 0.676. The molecule has 1 aliphatic heterocycles. The van der Waals surface area contributed by atoms with Gasteiger partial charge in [-0.1, -0.05) is 6.92 Å². The van der Waals surface area contributed by atoms with Crippen LogP contribution in [-0.4, -0.2) is 31.9 Å². The van der Waals surface area contributed by atoms with Gasteiger partial charge in [0.2, 0.25) is 5.91 Å². The number of hydrogen-bond donors (Lipinski definition) is 1. The molecule has 0 saturated carbocycles. The topological polar surface area (TPSA) is 71.0 Å². The van der Waals surface area contributed by atoms with Gasteiger partial charge in [-0.15, -0.1) is 11.3 Å². The van der Waals surface area contributed by atoms with Crippen molar-refractivity contribution in [2.24, 2.45) is 0 Å². The zero-order valence-electron chi connectivity index (χ0n) is 15.9. The summed E-state index contributed by atoms with van der Waals surface area (Å²) in [6.45, 7) is 7.62. The minimum atomic E-state index is -0.105. The van der Waals surface area contributed by atoms with Gasteiger partial charge < -0.3 is 14.5 Å². The molecule has 3 aromatic rings. The third-order valence-corrected chi connectivity index (χ3v) is 6.64. The molecule has 27 heavy (non-hydrogen) atoms. The Hall–Kier alpha value is -2.41. The summed E-state index contributed by atoms with van der Waals surface area (Å²) in [4.78, 5) is 36.6. The standard InChI is InChI=1S/C20H24N4O2S/c1-4-14-15-6-5-9-23(15)10-11-24(14)17(25)8-7-16-21-19(26)18-12(2)13(3)27-20(18)22-16/h5-6,9,14H,4,7-8,10-11H2,1-3H3,(H,21,22,26). The van der Waals surface area contributed by atoms with Crippen molar-refractivity contribution in [3.8, 4) is 0 Å². The fourth-order valence-electron chi connectivity index (χ4n) is 3.98. The normalized spacial score (nSPS) is 16.7. The van der Waals surface area contributed by atoms with E-state index in [1.807, 2.05) is 24.8 Å². The van der Waals surface area contributed by atoms with Crippen molar-refractivity contribution >= 4 is 27.5 Å². The average molecular weight is 385 g/mol. The van der Waals surface area contributed by atoms with Crippen LogP contribution >= 0.6 is 11.3 Å². The number of hydrogen-bond acceptors (Lipinski definition) is 4. The quantitative estimate of drug-likeness (QED) is 0.750. The van der Waals surface area contributed by atoms with Gasteiger partial charge in [0.05, 0.1) is 11.4 Å². The van der Waals surface area contributed by atoms with Gasteiger partial charge in [-0.2, -0.15) is 0 Å². The number of amides is 1. The van der Waals surface area contributed by atoms with E-state index < -0.39 is 0 Å². The number of H-pyrrole nitrogens is 1. The zero-order chi connectivity index (χ0) is 19.1. The molecule has 0 aliphatic carbocycles. The van der Waals surface area contributed by atoms with Crippen molar-refractivity contribution in [2.45, 2.75) is 52.6 Å². The van der Waals surface area contributed by atoms with Crippen LogP contribution in [-0.2, 0) is 17.8 Å². The summed E-state index contributed by atoms with van der Waals surface area (Å²) in [6.07, 6.45) is 3.78. The van der Waals surface area contributed by atoms with Crippen LogP contribution in [0, 0.1) is 13.8 Å². The highest BCUT2D eigenvalue weighted by Gasteiger charge is 2.29. The molecule has 0 bridgehead atoms. The highest BCUT2D eigenvalue weighted by molar-refractivity contribution is 7.18. The molecular weight excluding hydrogens is 360 g/mol. The van der Waals surface area contributed by atoms with Gasteiger partial charge in [0.15, 0.2) is 0 Å². The summed E-state index contributed by atoms with van der Waals surface area (Å²) in [5.74, 6) is 0.714. The molecule has 0 fully saturated rings. The van der Waals surface area contributed by atoms with Crippen LogP contribution in [0.25, 0.3) is 10.2 Å². The molecular formula is C20H24N4O2S. The molecule has 1 N–H and O–H groups in total. The maximum absolute atomic E-state index is 12.9. The molecule has 4 rings (SSSR count). The number of rotatable bonds is 4. The lowest BCUT2D eigenvalue weighted by molar-refractivity contribution is -0.134. The first-order valence-corrected chi connectivity index (χ1v) is 10.2. The Bertz CT molecular complexity index is 1060. The van der Waals surface area contributed by atoms with Crippen molar-refractivity contribution in [3.63, 3.8) is 0 Å². The van der Waals surface area contributed by atoms with Crippen molar-refractivity contribution in [1.82, 2.24) is 19.4 Å². The summed E-state index contributed by atoms with van der Waals surface area (Å²) in [7, 11) is 0. The van der Waals surface area contributed by atoms with E-state index in [4.69, 9.17) is 0 Å². The predicted octanol–water partition coefficient (Wildman–Crippen LogP) is 3.33.